The molecule has 0 aromatic carbocycles. The molecule has 3 saturated heterocycles. The number of nitrogens with one attached hydrogen (secondary N) is 7. The van der Waals surface area contributed by atoms with E-state index >= 15 is 4.79 Å². The molecule has 9 amide bonds. The van der Waals surface area contributed by atoms with Gasteiger partial charge in [0.25, 0.3) is 17.7 Å². The maximum Gasteiger partial charge on any atom is 0.404 e. The lowest BCUT2D eigenvalue weighted by molar-refractivity contribution is -0.372. The van der Waals surface area contributed by atoms with Gasteiger partial charge >= 0.3 is 6.09 Å². The van der Waals surface area contributed by atoms with Gasteiger partial charge in [-0.3, -0.25) is 38.4 Å². The largest absolute Gasteiger partial charge is 1.00 e. The molecule has 0 aliphatic carbocycles. The summed E-state index contributed by atoms with van der Waals surface area (Å²) in [5.41, 5.74) is 28.0. The third-order valence-electron chi connectivity index (χ3n) is 17.1. The molecule has 0 saturated carbocycles. The molecule has 10 unspecified atom stereocenters. The number of aliphatic hydroxyl groups is 8. The number of aromatic nitrogens is 6. The quantitative estimate of drug-likeness (QED) is 0.0147. The third kappa shape index (κ3) is 22.8. The number of aliphatic hydroxyl groups excluding tert-OH is 8. The molecule has 4 aromatic heterocycles. The Balaban J connectivity index is 0.0000170. The van der Waals surface area contributed by atoms with Crippen molar-refractivity contribution in [1.29, 1.82) is 0 Å². The zero-order chi connectivity index (χ0) is 75.7. The number of H-pyrrole nitrogens is 1. The minimum atomic E-state index is -2.20. The van der Waals surface area contributed by atoms with Crippen LogP contribution in [0.3, 0.4) is 0 Å². The molecule has 20 atom stereocenters. The van der Waals surface area contributed by atoms with Crippen molar-refractivity contribution in [3.05, 3.63) is 56.8 Å². The van der Waals surface area contributed by atoms with Crippen LogP contribution in [-0.4, -0.2) is 290 Å². The SMILES string of the molecule is Cc1c(N)nc(C(CC(N)=O)NCC(N)C(N)=O)nc1C(=O)NC(C(=O)NC(C)C(O)C(C)C(=O)NC(C(=O)NCCc1nc(-c2nc(C(=O)NCCC[S+](C)CC(=O)N3CCCC3)cs2)cs1)C(C)O)C(O[C@@H]1O[C@@H](CO)[C@@H](O)[C@@H](O)[C@@H]1O[C@H]1O[C@H](CO)[C@@H](O)[C@@H](OC(N)=O)[C@@H]1O)c1cnc[nH]1.[Br-]. The monoisotopic (exact) mass is 1590 g/mol. The van der Waals surface area contributed by atoms with E-state index in [1.54, 1.807) is 10.8 Å². The molecule has 7 heterocycles. The van der Waals surface area contributed by atoms with Crippen molar-refractivity contribution in [1.82, 2.24) is 66.7 Å². The Kier molecular flexibility index (Phi) is 32.8. The molecular weight excluding hydrogens is 1500 g/mol. The first-order valence-corrected chi connectivity index (χ1v) is 36.4. The average Bonchev–Trinajstić information content (AvgIpc) is 1.03. The first kappa shape index (κ1) is 85.6. The number of nitrogens with zero attached hydrogens (tertiary/aromatic N) is 6. The Morgan fingerprint density at radius 2 is 1.48 bits per heavy atom. The summed E-state index contributed by atoms with van der Waals surface area (Å²) in [5, 5.41) is 108. The molecule has 3 aliphatic rings. The number of rotatable bonds is 37. The minimum Gasteiger partial charge on any atom is -1.00 e. The maximum absolute atomic E-state index is 15.2. The summed E-state index contributed by atoms with van der Waals surface area (Å²) in [5.74, 6) is -7.32. The first-order valence-electron chi connectivity index (χ1n) is 32.6. The number of hydrogen-bond donors (Lipinski definition) is 20. The Hall–Kier alpha value is -7.35. The highest BCUT2D eigenvalue weighted by Crippen LogP contribution is 2.35. The lowest BCUT2D eigenvalue weighted by Gasteiger charge is -2.47. The molecule has 0 bridgehead atoms. The number of ether oxygens (including phenoxy) is 5. The van der Waals surface area contributed by atoms with Gasteiger partial charge in [-0.1, -0.05) is 6.92 Å². The normalized spacial score (nSPS) is 24.0. The number of carbonyl (C=O) groups excluding carboxylic acids is 9. The Morgan fingerprint density at radius 1 is 0.798 bits per heavy atom. The minimum absolute atomic E-state index is 0. The molecule has 0 spiro atoms. The Bertz CT molecular complexity index is 3550. The summed E-state index contributed by atoms with van der Waals surface area (Å²) in [7, 11) is -0.118. The maximum atomic E-state index is 15.2. The number of thiazole rings is 2. The van der Waals surface area contributed by atoms with Crippen LogP contribution in [0.25, 0.3) is 10.7 Å². The standard InChI is InChI=1S/C60H90N18O22S3.BrH/c1-24-38(74-51(77-49(24)63)29(15-35(62)82)69-16-28(61)50(64)89)55(93)76-40(46(30-17-66-23-70-30)98-59-48(44(87)42(85)33(18-79)97-59)99-58-45(88)47(100-60(65)95)43(86)34(19-80)96-58)56(94)71-26(3)41(84)25(2)52(90)75-39(27(4)81)54(92)68-11-9-36-72-32(21-101-36)57-73-31(20-102-57)53(91)67-10-8-14-103(5)22-37(83)78-12-6-7-13-78;/h17,20-21,23,25-29,33-34,39-48,58-59,69,79-81,84-88H,6-16,18-19,22,61H2,1-5H3,(H13-,62,63,64,65,66,67,68,70,71,74,75,76,77,82,89,90,91,92,93,94,95);1H/t25?,26?,27?,28?,29?,33-,34+,39?,40?,41?,42+,43+,44+,45-,46?,47+,48-,58+,59-,103?;/m0./s1. The number of halogens is 1. The van der Waals surface area contributed by atoms with Crippen LogP contribution >= 0.6 is 22.7 Å². The second kappa shape index (κ2) is 39.8. The fraction of sp³-hybridized carbons (Fsp3) is 0.633. The summed E-state index contributed by atoms with van der Waals surface area (Å²) in [4.78, 5) is 146. The highest BCUT2D eigenvalue weighted by atomic mass is 79.9. The number of nitrogen functional groups attached to an aromatic ring is 1. The highest BCUT2D eigenvalue weighted by Gasteiger charge is 2.54. The molecule has 4 aromatic rings. The summed E-state index contributed by atoms with van der Waals surface area (Å²) in [6.07, 6.45) is -20.4. The predicted molar refractivity (Wildman–Crippen MR) is 364 cm³/mol. The van der Waals surface area contributed by atoms with Crippen molar-refractivity contribution < 1.29 is 125 Å². The van der Waals surface area contributed by atoms with Crippen molar-refractivity contribution in [2.45, 2.75) is 170 Å². The van der Waals surface area contributed by atoms with Crippen molar-refractivity contribution in [3.63, 3.8) is 0 Å². The van der Waals surface area contributed by atoms with Gasteiger partial charge in [0.05, 0.1) is 78.9 Å². The number of imidazole rings is 1. The van der Waals surface area contributed by atoms with Gasteiger partial charge in [0, 0.05) is 68.3 Å². The number of aromatic amines is 1. The molecule has 3 aliphatic heterocycles. The van der Waals surface area contributed by atoms with E-state index in [-0.39, 0.29) is 87.8 Å². The molecule has 25 N–H and O–H groups in total. The van der Waals surface area contributed by atoms with Crippen LogP contribution in [0.15, 0.2) is 23.3 Å². The summed E-state index contributed by atoms with van der Waals surface area (Å²) in [6, 6.07) is -7.89. The first-order chi connectivity index (χ1) is 48.8. The predicted octanol–water partition coefficient (Wildman–Crippen LogP) is -10.7. The lowest BCUT2D eigenvalue weighted by atomic mass is 9.96. The molecule has 44 heteroatoms. The molecule has 0 radical (unpaired) electrons. The van der Waals surface area contributed by atoms with Crippen molar-refractivity contribution in [2.75, 3.05) is 69.4 Å². The van der Waals surface area contributed by atoms with Crippen LogP contribution < -0.4 is 77.6 Å². The van der Waals surface area contributed by atoms with Crippen LogP contribution in [0.2, 0.25) is 0 Å². The van der Waals surface area contributed by atoms with Gasteiger partial charge in [0.1, 0.15) is 100 Å². The van der Waals surface area contributed by atoms with Gasteiger partial charge < -0.3 is 152 Å². The van der Waals surface area contributed by atoms with Gasteiger partial charge in [0.15, 0.2) is 24.4 Å². The van der Waals surface area contributed by atoms with Crippen molar-refractivity contribution >= 4 is 92.7 Å². The number of primary amides is 3. The number of anilines is 1. The highest BCUT2D eigenvalue weighted by molar-refractivity contribution is 7.96. The number of hydrogen-bond acceptors (Lipinski definition) is 32. The van der Waals surface area contributed by atoms with Crippen molar-refractivity contribution in [2.24, 2.45) is 28.9 Å². The zero-order valence-corrected chi connectivity index (χ0v) is 61.2. The third-order valence-corrected chi connectivity index (χ3v) is 20.5. The van der Waals surface area contributed by atoms with Gasteiger partial charge in [-0.2, -0.15) is 0 Å². The molecule has 7 rings (SSSR count). The lowest BCUT2D eigenvalue weighted by Crippen LogP contribution is -3.00. The molecule has 40 nitrogen and oxygen atoms in total. The summed E-state index contributed by atoms with van der Waals surface area (Å²) in [6.45, 7) is 4.64. The Labute approximate surface area is 616 Å². The van der Waals surface area contributed by atoms with E-state index < -0.39 is 183 Å². The van der Waals surface area contributed by atoms with Crippen LogP contribution in [0.5, 0.6) is 0 Å². The molecule has 104 heavy (non-hydrogen) atoms. The van der Waals surface area contributed by atoms with Crippen LogP contribution in [0.1, 0.15) is 102 Å². The average molecular weight is 1590 g/mol. The second-order valence-electron chi connectivity index (χ2n) is 24.8. The molecular formula is C60H91BrN18O22S3. The van der Waals surface area contributed by atoms with Crippen LogP contribution in [0, 0.1) is 12.8 Å². The van der Waals surface area contributed by atoms with Gasteiger partial charge in [-0.05, 0) is 44.5 Å². The van der Waals surface area contributed by atoms with Gasteiger partial charge in [-0.25, -0.2) is 29.7 Å². The fourth-order valence-corrected chi connectivity index (χ4v) is 14.1. The second-order valence-corrected chi connectivity index (χ2v) is 28.9. The number of carbonyl (C=O) groups is 9. The van der Waals surface area contributed by atoms with E-state index in [1.807, 2.05) is 4.90 Å². The van der Waals surface area contributed by atoms with E-state index in [9.17, 15) is 79.2 Å². The van der Waals surface area contributed by atoms with E-state index in [0.29, 0.717) is 34.4 Å². The zero-order valence-electron chi connectivity index (χ0n) is 57.1. The van der Waals surface area contributed by atoms with E-state index in [2.05, 4.69) is 68.1 Å². The topological polar surface area (TPSA) is 647 Å². The Morgan fingerprint density at radius 3 is 2.12 bits per heavy atom. The van der Waals surface area contributed by atoms with E-state index in [4.69, 9.17) is 52.4 Å². The fourth-order valence-electron chi connectivity index (χ4n) is 11.1. The smallest absolute Gasteiger partial charge is 0.404 e. The van der Waals surface area contributed by atoms with Crippen LogP contribution in [-0.2, 0) is 69.8 Å². The summed E-state index contributed by atoms with van der Waals surface area (Å²) < 4.78 is 28.8. The molecule has 3 fully saturated rings. The van der Waals surface area contributed by atoms with Crippen molar-refractivity contribution in [3.8, 4) is 10.7 Å². The number of amides is 9. The van der Waals surface area contributed by atoms with Gasteiger partial charge in [-0.15, -0.1) is 22.7 Å². The number of nitrogens with two attached hydrogens (primary N) is 5. The van der Waals surface area contributed by atoms with Crippen LogP contribution in [0.4, 0.5) is 10.6 Å². The van der Waals surface area contributed by atoms with E-state index in [1.165, 1.54) is 50.4 Å². The van der Waals surface area contributed by atoms with E-state index in [0.717, 1.165) is 44.2 Å². The van der Waals surface area contributed by atoms with Gasteiger partial charge in [0.2, 0.25) is 29.5 Å². The number of likely N-dealkylation sites (tertiary alicyclic amines) is 1. The summed E-state index contributed by atoms with van der Waals surface area (Å²) >= 11 is 2.49. The molecule has 578 valence electrons.